The van der Waals surface area contributed by atoms with Crippen molar-refractivity contribution in [2.45, 2.75) is 18.6 Å². The van der Waals surface area contributed by atoms with Gasteiger partial charge in [0.25, 0.3) is 11.1 Å². The van der Waals surface area contributed by atoms with Crippen LogP contribution in [0.2, 0.25) is 0 Å². The van der Waals surface area contributed by atoms with Crippen LogP contribution in [0.3, 0.4) is 0 Å². The lowest BCUT2D eigenvalue weighted by Gasteiger charge is -2.08. The van der Waals surface area contributed by atoms with Crippen molar-refractivity contribution in [1.29, 1.82) is 0 Å². The van der Waals surface area contributed by atoms with Crippen molar-refractivity contribution < 1.29 is 9.21 Å². The number of nitrogens with zero attached hydrogens (tertiary/aromatic N) is 2. The molecule has 23 heavy (non-hydrogen) atoms. The number of carbonyl (C=O) groups is 1. The molecule has 2 heterocycles. The summed E-state index contributed by atoms with van der Waals surface area (Å²) in [7, 11) is 0. The Morgan fingerprint density at radius 2 is 2.13 bits per heavy atom. The predicted molar refractivity (Wildman–Crippen MR) is 92.8 cm³/mol. The van der Waals surface area contributed by atoms with E-state index in [0.717, 1.165) is 22.5 Å². The lowest BCUT2D eigenvalue weighted by molar-refractivity contribution is -0.113. The van der Waals surface area contributed by atoms with Crippen molar-refractivity contribution in [3.63, 3.8) is 0 Å². The summed E-state index contributed by atoms with van der Waals surface area (Å²) < 4.78 is 5.54. The molecule has 3 aromatic rings. The van der Waals surface area contributed by atoms with Crippen molar-refractivity contribution in [2.75, 3.05) is 11.1 Å². The molecule has 0 spiro atoms. The summed E-state index contributed by atoms with van der Waals surface area (Å²) in [6.07, 6.45) is 0.872. The summed E-state index contributed by atoms with van der Waals surface area (Å²) in [6, 6.07) is 11.6. The van der Waals surface area contributed by atoms with Gasteiger partial charge in [0.15, 0.2) is 0 Å². The van der Waals surface area contributed by atoms with E-state index in [1.807, 2.05) is 41.8 Å². The first-order chi connectivity index (χ1) is 11.3. The van der Waals surface area contributed by atoms with Gasteiger partial charge in [0.1, 0.15) is 0 Å². The predicted octanol–water partition coefficient (Wildman–Crippen LogP) is 4.09. The van der Waals surface area contributed by atoms with Crippen molar-refractivity contribution >= 4 is 34.7 Å². The molecule has 0 aliphatic heterocycles. The highest BCUT2D eigenvalue weighted by molar-refractivity contribution is 7.99. The van der Waals surface area contributed by atoms with Crippen LogP contribution in [-0.2, 0) is 11.2 Å². The molecule has 0 unspecified atom stereocenters. The van der Waals surface area contributed by atoms with Crippen molar-refractivity contribution in [3.05, 3.63) is 47.3 Å². The first kappa shape index (κ1) is 15.8. The van der Waals surface area contributed by atoms with Gasteiger partial charge in [-0.25, -0.2) is 0 Å². The zero-order chi connectivity index (χ0) is 16.1. The number of benzene rings is 1. The molecule has 5 nitrogen and oxygen atoms in total. The van der Waals surface area contributed by atoms with E-state index in [2.05, 4.69) is 22.4 Å². The number of thioether (sulfide) groups is 1. The number of carbonyl (C=O) groups excluding carboxylic acids is 1. The van der Waals surface area contributed by atoms with Gasteiger partial charge in [-0.3, -0.25) is 4.79 Å². The van der Waals surface area contributed by atoms with Gasteiger partial charge in [-0.15, -0.1) is 21.5 Å². The Bertz CT molecular complexity index is 784. The molecule has 0 saturated heterocycles. The summed E-state index contributed by atoms with van der Waals surface area (Å²) in [5, 5.41) is 13.2. The number of hydrogen-bond donors (Lipinski definition) is 1. The molecule has 3 rings (SSSR count). The Hall–Kier alpha value is -2.12. The minimum absolute atomic E-state index is 0.0910. The molecular weight excluding hydrogens is 330 g/mol. The highest BCUT2D eigenvalue weighted by Crippen LogP contribution is 2.26. The number of thiophene rings is 1. The second-order valence-corrected chi connectivity index (χ2v) is 6.57. The van der Waals surface area contributed by atoms with E-state index in [9.17, 15) is 4.79 Å². The molecule has 0 atom stereocenters. The molecule has 0 saturated carbocycles. The van der Waals surface area contributed by atoms with E-state index in [-0.39, 0.29) is 11.7 Å². The SMILES string of the molecule is CCc1ccccc1NC(=O)CSc1nnc(-c2cccs2)o1. The average molecular weight is 345 g/mol. The number of rotatable bonds is 6. The molecule has 0 bridgehead atoms. The van der Waals surface area contributed by atoms with Crippen molar-refractivity contribution in [1.82, 2.24) is 10.2 Å². The topological polar surface area (TPSA) is 68.0 Å². The molecule has 7 heteroatoms. The third kappa shape index (κ3) is 4.00. The van der Waals surface area contributed by atoms with Crippen LogP contribution in [0.5, 0.6) is 0 Å². The molecule has 0 radical (unpaired) electrons. The van der Waals surface area contributed by atoms with Crippen LogP contribution in [0.25, 0.3) is 10.8 Å². The van der Waals surface area contributed by atoms with Gasteiger partial charge in [0.2, 0.25) is 5.91 Å². The summed E-state index contributed by atoms with van der Waals surface area (Å²) in [5.74, 6) is 0.621. The lowest BCUT2D eigenvalue weighted by atomic mass is 10.1. The van der Waals surface area contributed by atoms with Gasteiger partial charge in [0, 0.05) is 5.69 Å². The minimum atomic E-state index is -0.0910. The minimum Gasteiger partial charge on any atom is -0.410 e. The summed E-state index contributed by atoms with van der Waals surface area (Å²) >= 11 is 2.77. The van der Waals surface area contributed by atoms with E-state index in [4.69, 9.17) is 4.42 Å². The van der Waals surface area contributed by atoms with Gasteiger partial charge in [-0.2, -0.15) is 0 Å². The smallest absolute Gasteiger partial charge is 0.277 e. The third-order valence-corrected chi connectivity index (χ3v) is 4.81. The normalized spacial score (nSPS) is 10.7. The highest BCUT2D eigenvalue weighted by Gasteiger charge is 2.12. The largest absolute Gasteiger partial charge is 0.410 e. The number of aromatic nitrogens is 2. The van der Waals surface area contributed by atoms with Crippen LogP contribution in [0.1, 0.15) is 12.5 Å². The van der Waals surface area contributed by atoms with E-state index in [1.54, 1.807) is 0 Å². The van der Waals surface area contributed by atoms with Crippen LogP contribution in [0.4, 0.5) is 5.69 Å². The molecule has 2 aromatic heterocycles. The van der Waals surface area contributed by atoms with Gasteiger partial charge >= 0.3 is 0 Å². The molecule has 0 fully saturated rings. The fraction of sp³-hybridized carbons (Fsp3) is 0.188. The summed E-state index contributed by atoms with van der Waals surface area (Å²) in [5.41, 5.74) is 1.97. The maximum absolute atomic E-state index is 12.1. The molecule has 1 amide bonds. The molecular formula is C16H15N3O2S2. The van der Waals surface area contributed by atoms with Crippen LogP contribution in [0, 0.1) is 0 Å². The second kappa shape index (κ2) is 7.43. The zero-order valence-corrected chi connectivity index (χ0v) is 14.1. The summed E-state index contributed by atoms with van der Waals surface area (Å²) in [4.78, 5) is 13.0. The second-order valence-electron chi connectivity index (χ2n) is 4.70. The fourth-order valence-corrected chi connectivity index (χ4v) is 3.24. The first-order valence-corrected chi connectivity index (χ1v) is 9.00. The first-order valence-electron chi connectivity index (χ1n) is 7.14. The average Bonchev–Trinajstić information content (AvgIpc) is 3.24. The Morgan fingerprint density at radius 1 is 1.26 bits per heavy atom. The van der Waals surface area contributed by atoms with Crippen LogP contribution < -0.4 is 5.32 Å². The van der Waals surface area contributed by atoms with Gasteiger partial charge < -0.3 is 9.73 Å². The Balaban J connectivity index is 1.57. The van der Waals surface area contributed by atoms with Crippen molar-refractivity contribution in [3.8, 4) is 10.8 Å². The Kier molecular flexibility index (Phi) is 5.09. The maximum Gasteiger partial charge on any atom is 0.277 e. The molecule has 118 valence electrons. The maximum atomic E-state index is 12.1. The Labute approximate surface area is 142 Å². The monoisotopic (exact) mass is 345 g/mol. The summed E-state index contributed by atoms with van der Waals surface area (Å²) in [6.45, 7) is 2.06. The molecule has 0 aliphatic rings. The van der Waals surface area contributed by atoms with Gasteiger partial charge in [-0.05, 0) is 29.5 Å². The van der Waals surface area contributed by atoms with Crippen LogP contribution in [0.15, 0.2) is 51.4 Å². The third-order valence-electron chi connectivity index (χ3n) is 3.14. The standard InChI is InChI=1S/C16H15N3O2S2/c1-2-11-6-3-4-7-12(11)17-14(20)10-23-16-19-18-15(21-16)13-8-5-9-22-13/h3-9H,2,10H2,1H3,(H,17,20). The number of hydrogen-bond acceptors (Lipinski definition) is 6. The fourth-order valence-electron chi connectivity index (χ4n) is 2.03. The molecule has 1 N–H and O–H groups in total. The van der Waals surface area contributed by atoms with E-state index < -0.39 is 0 Å². The molecule has 0 aliphatic carbocycles. The quantitative estimate of drug-likeness (QED) is 0.682. The van der Waals surface area contributed by atoms with E-state index in [1.165, 1.54) is 23.1 Å². The number of aryl methyl sites for hydroxylation is 1. The number of nitrogens with one attached hydrogen (secondary N) is 1. The van der Waals surface area contributed by atoms with Gasteiger partial charge in [0.05, 0.1) is 10.6 Å². The highest BCUT2D eigenvalue weighted by atomic mass is 32.2. The van der Waals surface area contributed by atoms with Crippen LogP contribution >= 0.6 is 23.1 Å². The van der Waals surface area contributed by atoms with E-state index in [0.29, 0.717) is 11.1 Å². The number of amides is 1. The Morgan fingerprint density at radius 3 is 2.91 bits per heavy atom. The van der Waals surface area contributed by atoms with E-state index >= 15 is 0 Å². The zero-order valence-electron chi connectivity index (χ0n) is 12.5. The van der Waals surface area contributed by atoms with Crippen molar-refractivity contribution in [2.24, 2.45) is 0 Å². The molecule has 1 aromatic carbocycles. The van der Waals surface area contributed by atoms with Crippen LogP contribution in [-0.4, -0.2) is 21.9 Å². The number of para-hydroxylation sites is 1. The lowest BCUT2D eigenvalue weighted by Crippen LogP contribution is -2.15. The number of anilines is 1. The van der Waals surface area contributed by atoms with Gasteiger partial charge in [-0.1, -0.05) is 43.0 Å².